The van der Waals surface area contributed by atoms with Gasteiger partial charge in [0.15, 0.2) is 0 Å². The number of benzene rings is 3. The van der Waals surface area contributed by atoms with Gasteiger partial charge in [0.25, 0.3) is 0 Å². The van der Waals surface area contributed by atoms with Crippen LogP contribution in [0.1, 0.15) is 24.1 Å². The minimum Gasteiger partial charge on any atom is -0.306 e. The lowest BCUT2D eigenvalue weighted by molar-refractivity contribution is 0.578. The van der Waals surface area contributed by atoms with Crippen LogP contribution in [0.4, 0.5) is 0 Å². The van der Waals surface area contributed by atoms with Crippen LogP contribution in [-0.4, -0.2) is 0 Å². The molecule has 3 rings (SSSR count). The lowest BCUT2D eigenvalue weighted by Gasteiger charge is -2.16. The molecule has 0 fully saturated rings. The van der Waals surface area contributed by atoms with Crippen molar-refractivity contribution >= 4 is 33.4 Å². The van der Waals surface area contributed by atoms with Crippen molar-refractivity contribution < 1.29 is 0 Å². The first-order chi connectivity index (χ1) is 10.2. The van der Waals surface area contributed by atoms with E-state index in [1.807, 2.05) is 0 Å². The molecule has 0 aliphatic heterocycles. The van der Waals surface area contributed by atoms with Gasteiger partial charge in [-0.2, -0.15) is 0 Å². The Morgan fingerprint density at radius 1 is 0.905 bits per heavy atom. The van der Waals surface area contributed by atoms with E-state index < -0.39 is 0 Å². The average molecular weight is 387 g/mol. The zero-order valence-corrected chi connectivity index (χ0v) is 14.2. The molecule has 2 heteroatoms. The predicted octanol–water partition coefficient (Wildman–Crippen LogP) is 5.30. The molecule has 1 atom stereocenters. The van der Waals surface area contributed by atoms with Gasteiger partial charge in [-0.05, 0) is 63.5 Å². The van der Waals surface area contributed by atoms with E-state index in [-0.39, 0.29) is 0 Å². The largest absolute Gasteiger partial charge is 0.306 e. The Bertz CT molecular complexity index is 729. The fourth-order valence-electron chi connectivity index (χ4n) is 2.61. The number of fused-ring (bicyclic) bond motifs is 1. The normalized spacial score (nSPS) is 12.5. The van der Waals surface area contributed by atoms with E-state index in [9.17, 15) is 0 Å². The van der Waals surface area contributed by atoms with Gasteiger partial charge < -0.3 is 5.32 Å². The summed E-state index contributed by atoms with van der Waals surface area (Å²) in [7, 11) is 0. The molecular formula is C19H18IN. The van der Waals surface area contributed by atoms with Crippen LogP contribution in [0, 0.1) is 3.57 Å². The maximum Gasteiger partial charge on any atom is 0.0301 e. The van der Waals surface area contributed by atoms with Crippen molar-refractivity contribution in [1.82, 2.24) is 5.32 Å². The number of rotatable bonds is 4. The van der Waals surface area contributed by atoms with Crippen LogP contribution in [0.15, 0.2) is 66.7 Å². The van der Waals surface area contributed by atoms with Gasteiger partial charge in [-0.25, -0.2) is 0 Å². The van der Waals surface area contributed by atoms with E-state index in [2.05, 4.69) is 102 Å². The molecule has 0 saturated carbocycles. The molecule has 0 unspecified atom stereocenters. The van der Waals surface area contributed by atoms with Crippen molar-refractivity contribution in [1.29, 1.82) is 0 Å². The van der Waals surface area contributed by atoms with Crippen LogP contribution < -0.4 is 5.32 Å². The zero-order chi connectivity index (χ0) is 14.7. The van der Waals surface area contributed by atoms with Crippen LogP contribution in [0.3, 0.4) is 0 Å². The summed E-state index contributed by atoms with van der Waals surface area (Å²) in [5.74, 6) is 0. The van der Waals surface area contributed by atoms with Crippen molar-refractivity contribution in [3.8, 4) is 0 Å². The standard InChI is InChI=1S/C19H18IN/c1-14(21-13-15-9-11-17(20)12-10-15)18-8-4-6-16-5-2-3-7-19(16)18/h2-12,14,21H,13H2,1H3/t14-/m0/s1. The molecule has 0 radical (unpaired) electrons. The Morgan fingerprint density at radius 2 is 1.62 bits per heavy atom. The van der Waals surface area contributed by atoms with E-state index >= 15 is 0 Å². The minimum atomic E-state index is 0.329. The van der Waals surface area contributed by atoms with Crippen molar-refractivity contribution in [2.24, 2.45) is 0 Å². The van der Waals surface area contributed by atoms with Gasteiger partial charge in [-0.1, -0.05) is 54.6 Å². The van der Waals surface area contributed by atoms with Gasteiger partial charge in [-0.3, -0.25) is 0 Å². The topological polar surface area (TPSA) is 12.0 Å². The number of nitrogens with one attached hydrogen (secondary N) is 1. The minimum absolute atomic E-state index is 0.329. The van der Waals surface area contributed by atoms with Crippen LogP contribution in [0.2, 0.25) is 0 Å². The summed E-state index contributed by atoms with van der Waals surface area (Å²) in [6.07, 6.45) is 0. The molecule has 0 aliphatic carbocycles. The fourth-order valence-corrected chi connectivity index (χ4v) is 2.97. The van der Waals surface area contributed by atoms with Gasteiger partial charge in [0, 0.05) is 16.2 Å². The van der Waals surface area contributed by atoms with Crippen LogP contribution in [0.25, 0.3) is 10.8 Å². The third-order valence-electron chi connectivity index (χ3n) is 3.82. The molecule has 106 valence electrons. The van der Waals surface area contributed by atoms with E-state index in [0.29, 0.717) is 6.04 Å². The summed E-state index contributed by atoms with van der Waals surface area (Å²) in [5.41, 5.74) is 2.68. The quantitative estimate of drug-likeness (QED) is 0.600. The number of hydrogen-bond acceptors (Lipinski definition) is 1. The van der Waals surface area contributed by atoms with E-state index in [0.717, 1.165) is 6.54 Å². The molecular weight excluding hydrogens is 369 g/mol. The number of hydrogen-bond donors (Lipinski definition) is 1. The monoisotopic (exact) mass is 387 g/mol. The Morgan fingerprint density at radius 3 is 2.43 bits per heavy atom. The molecule has 0 bridgehead atoms. The molecule has 0 saturated heterocycles. The van der Waals surface area contributed by atoms with Crippen molar-refractivity contribution in [2.45, 2.75) is 19.5 Å². The summed E-state index contributed by atoms with van der Waals surface area (Å²) in [6.45, 7) is 3.12. The summed E-state index contributed by atoms with van der Waals surface area (Å²) in [5, 5.41) is 6.26. The second-order valence-electron chi connectivity index (χ2n) is 5.30. The predicted molar refractivity (Wildman–Crippen MR) is 98.4 cm³/mol. The first kappa shape index (κ1) is 14.5. The molecule has 0 heterocycles. The first-order valence-corrected chi connectivity index (χ1v) is 8.27. The summed E-state index contributed by atoms with van der Waals surface area (Å²) in [6, 6.07) is 24.1. The summed E-state index contributed by atoms with van der Waals surface area (Å²) >= 11 is 2.34. The molecule has 21 heavy (non-hydrogen) atoms. The van der Waals surface area contributed by atoms with Gasteiger partial charge in [0.1, 0.15) is 0 Å². The van der Waals surface area contributed by atoms with E-state index in [4.69, 9.17) is 0 Å². The Balaban J connectivity index is 1.78. The van der Waals surface area contributed by atoms with Gasteiger partial charge >= 0.3 is 0 Å². The van der Waals surface area contributed by atoms with Gasteiger partial charge in [0.05, 0.1) is 0 Å². The third-order valence-corrected chi connectivity index (χ3v) is 4.53. The number of halogens is 1. The van der Waals surface area contributed by atoms with Crippen molar-refractivity contribution in [2.75, 3.05) is 0 Å². The molecule has 3 aromatic rings. The van der Waals surface area contributed by atoms with Crippen LogP contribution in [-0.2, 0) is 6.54 Å². The summed E-state index contributed by atoms with van der Waals surface area (Å²) in [4.78, 5) is 0. The van der Waals surface area contributed by atoms with E-state index in [1.54, 1.807) is 0 Å². The smallest absolute Gasteiger partial charge is 0.0301 e. The average Bonchev–Trinajstić information content (AvgIpc) is 2.53. The van der Waals surface area contributed by atoms with Crippen LogP contribution >= 0.6 is 22.6 Å². The second-order valence-corrected chi connectivity index (χ2v) is 6.54. The zero-order valence-electron chi connectivity index (χ0n) is 12.0. The molecule has 0 spiro atoms. The van der Waals surface area contributed by atoms with Gasteiger partial charge in [0.2, 0.25) is 0 Å². The molecule has 3 aromatic carbocycles. The lowest BCUT2D eigenvalue weighted by Crippen LogP contribution is -2.18. The maximum absolute atomic E-state index is 3.62. The highest BCUT2D eigenvalue weighted by Gasteiger charge is 2.08. The van der Waals surface area contributed by atoms with E-state index in [1.165, 1.54) is 25.5 Å². The highest BCUT2D eigenvalue weighted by atomic mass is 127. The molecule has 1 nitrogen and oxygen atoms in total. The fraction of sp³-hybridized carbons (Fsp3) is 0.158. The highest BCUT2D eigenvalue weighted by molar-refractivity contribution is 14.1. The van der Waals surface area contributed by atoms with Crippen LogP contribution in [0.5, 0.6) is 0 Å². The van der Waals surface area contributed by atoms with Gasteiger partial charge in [-0.15, -0.1) is 0 Å². The van der Waals surface area contributed by atoms with Crippen molar-refractivity contribution in [3.63, 3.8) is 0 Å². The Hall–Kier alpha value is -1.39. The molecule has 0 amide bonds. The van der Waals surface area contributed by atoms with Crippen molar-refractivity contribution in [3.05, 3.63) is 81.4 Å². The first-order valence-electron chi connectivity index (χ1n) is 7.19. The summed E-state index contributed by atoms with van der Waals surface area (Å²) < 4.78 is 1.28. The lowest BCUT2D eigenvalue weighted by atomic mass is 9.99. The molecule has 1 N–H and O–H groups in total. The third kappa shape index (κ3) is 3.44. The Labute approximate surface area is 139 Å². The molecule has 0 aliphatic rings. The maximum atomic E-state index is 3.62. The Kier molecular flexibility index (Phi) is 4.56. The highest BCUT2D eigenvalue weighted by Crippen LogP contribution is 2.24. The SMILES string of the molecule is C[C@H](NCc1ccc(I)cc1)c1cccc2ccccc12. The second kappa shape index (κ2) is 6.58. The molecule has 0 aromatic heterocycles.